The Morgan fingerprint density at radius 3 is 1.73 bits per heavy atom. The first kappa shape index (κ1) is 25.9. The van der Waals surface area contributed by atoms with Gasteiger partial charge in [0.15, 0.2) is 17.5 Å². The molecule has 0 spiro atoms. The number of nitrogens with zero attached hydrogens (tertiary/aromatic N) is 3. The molecule has 0 fully saturated rings. The molecule has 7 aromatic carbocycles. The van der Waals surface area contributed by atoms with Gasteiger partial charge < -0.3 is 5.32 Å². The molecule has 0 aliphatic carbocycles. The molecule has 2 heterocycles. The monoisotopic (exact) mass is 594 g/mol. The lowest BCUT2D eigenvalue weighted by Crippen LogP contribution is -2.03. The molecule has 4 nitrogen and oxygen atoms in total. The number of anilines is 1. The lowest BCUT2D eigenvalue weighted by Gasteiger charge is -2.16. The number of nitrogens with one attached hydrogen (secondary N) is 1. The lowest BCUT2D eigenvalue weighted by atomic mass is 9.97. The average molecular weight is 595 g/mol. The molecule has 45 heavy (non-hydrogen) atoms. The van der Waals surface area contributed by atoms with E-state index in [1.54, 1.807) is 0 Å². The number of rotatable bonds is 4. The molecule has 0 saturated carbocycles. The Bertz CT molecular complexity index is 2330. The van der Waals surface area contributed by atoms with Crippen LogP contribution in [0.2, 0.25) is 0 Å². The number of benzene rings is 7. The summed E-state index contributed by atoms with van der Waals surface area (Å²) in [4.78, 5) is 16.0. The minimum absolute atomic E-state index is 0.116. The summed E-state index contributed by atoms with van der Waals surface area (Å²) in [5.41, 5.74) is 5.37. The van der Waals surface area contributed by atoms with Crippen LogP contribution in [0.1, 0.15) is 10.9 Å². The standard InChI is InChI=1S/C40H26N4S/c1-3-11-25(12-4-1)37-42-38(26-13-5-2-6-14-26)44-39(43-37)29-19-21-31-28(23-29)20-22-35-36(31)41-40(45-35)34-24-27-15-7-8-16-30(27)32-17-9-10-18-33(32)34/h1-24,40-41H. The Morgan fingerprint density at radius 1 is 0.444 bits per heavy atom. The SMILES string of the molecule is c1ccc(-c2nc(-c3ccccc3)nc(-c3ccc4c5c(ccc4c3)SC(c3cc4ccccc4c4ccccc34)N5)n2)cc1. The molecule has 0 saturated heterocycles. The second-order valence-corrected chi connectivity index (χ2v) is 12.4. The largest absolute Gasteiger partial charge is 0.368 e. The average Bonchev–Trinajstić information content (AvgIpc) is 3.56. The van der Waals surface area contributed by atoms with Gasteiger partial charge in [0.2, 0.25) is 0 Å². The van der Waals surface area contributed by atoms with Crippen molar-refractivity contribution in [3.8, 4) is 34.2 Å². The fourth-order valence-electron chi connectivity index (χ4n) is 6.36. The van der Waals surface area contributed by atoms with Crippen molar-refractivity contribution in [3.63, 3.8) is 0 Å². The zero-order valence-electron chi connectivity index (χ0n) is 24.2. The molecule has 8 aromatic rings. The molecule has 1 aromatic heterocycles. The molecular formula is C40H26N4S. The third kappa shape index (κ3) is 4.52. The van der Waals surface area contributed by atoms with Crippen molar-refractivity contribution >= 4 is 49.8 Å². The maximum atomic E-state index is 4.94. The van der Waals surface area contributed by atoms with Crippen LogP contribution in [0.4, 0.5) is 5.69 Å². The number of hydrogen-bond acceptors (Lipinski definition) is 5. The van der Waals surface area contributed by atoms with E-state index in [4.69, 9.17) is 15.0 Å². The van der Waals surface area contributed by atoms with E-state index in [9.17, 15) is 0 Å². The van der Waals surface area contributed by atoms with E-state index in [1.807, 2.05) is 72.4 Å². The molecule has 1 unspecified atom stereocenters. The van der Waals surface area contributed by atoms with Crippen molar-refractivity contribution < 1.29 is 0 Å². The minimum atomic E-state index is 0.116. The minimum Gasteiger partial charge on any atom is -0.368 e. The Labute approximate surface area is 264 Å². The summed E-state index contributed by atoms with van der Waals surface area (Å²) >= 11 is 1.88. The maximum absolute atomic E-state index is 4.94. The molecule has 9 rings (SSSR count). The van der Waals surface area contributed by atoms with Crippen LogP contribution in [-0.2, 0) is 0 Å². The third-order valence-corrected chi connectivity index (χ3v) is 9.74. The molecule has 0 amide bonds. The number of thioether (sulfide) groups is 1. The second-order valence-electron chi connectivity index (χ2n) is 11.3. The molecule has 1 aliphatic rings. The predicted octanol–water partition coefficient (Wildman–Crippen LogP) is 10.5. The second kappa shape index (κ2) is 10.6. The first-order valence-electron chi connectivity index (χ1n) is 15.1. The van der Waals surface area contributed by atoms with E-state index >= 15 is 0 Å². The van der Waals surface area contributed by atoms with E-state index in [1.165, 1.54) is 43.1 Å². The van der Waals surface area contributed by atoms with Crippen LogP contribution >= 0.6 is 11.8 Å². The number of hydrogen-bond donors (Lipinski definition) is 1. The quantitative estimate of drug-likeness (QED) is 0.205. The highest BCUT2D eigenvalue weighted by Crippen LogP contribution is 2.51. The molecule has 0 bridgehead atoms. The van der Waals surface area contributed by atoms with Gasteiger partial charge in [-0.05, 0) is 50.7 Å². The van der Waals surface area contributed by atoms with Crippen LogP contribution in [0, 0.1) is 0 Å². The third-order valence-electron chi connectivity index (χ3n) is 8.54. The first-order valence-corrected chi connectivity index (χ1v) is 15.9. The molecule has 5 heteroatoms. The van der Waals surface area contributed by atoms with Gasteiger partial charge in [-0.25, -0.2) is 15.0 Å². The van der Waals surface area contributed by atoms with E-state index in [2.05, 4.69) is 90.2 Å². The highest BCUT2D eigenvalue weighted by atomic mass is 32.2. The zero-order chi connectivity index (χ0) is 29.7. The number of aromatic nitrogens is 3. The summed E-state index contributed by atoms with van der Waals surface area (Å²) in [6, 6.07) is 50.9. The fourth-order valence-corrected chi connectivity index (χ4v) is 7.55. The predicted molar refractivity (Wildman–Crippen MR) is 187 cm³/mol. The van der Waals surface area contributed by atoms with Crippen LogP contribution in [0.25, 0.3) is 66.5 Å². The van der Waals surface area contributed by atoms with Crippen molar-refractivity contribution in [1.82, 2.24) is 15.0 Å². The zero-order valence-corrected chi connectivity index (χ0v) is 25.0. The topological polar surface area (TPSA) is 50.7 Å². The van der Waals surface area contributed by atoms with Gasteiger partial charge in [0.05, 0.1) is 5.69 Å². The lowest BCUT2D eigenvalue weighted by molar-refractivity contribution is 1.07. The van der Waals surface area contributed by atoms with Crippen LogP contribution in [0.5, 0.6) is 0 Å². The van der Waals surface area contributed by atoms with Gasteiger partial charge in [0.25, 0.3) is 0 Å². The Balaban J connectivity index is 1.12. The van der Waals surface area contributed by atoms with Gasteiger partial charge in [-0.1, -0.05) is 139 Å². The van der Waals surface area contributed by atoms with Crippen molar-refractivity contribution in [3.05, 3.63) is 151 Å². The molecule has 0 radical (unpaired) electrons. The number of fused-ring (bicyclic) bond motifs is 6. The summed E-state index contributed by atoms with van der Waals surface area (Å²) in [7, 11) is 0. The first-order chi connectivity index (χ1) is 22.3. The smallest absolute Gasteiger partial charge is 0.164 e. The van der Waals surface area contributed by atoms with Gasteiger partial charge >= 0.3 is 0 Å². The highest BCUT2D eigenvalue weighted by molar-refractivity contribution is 8.00. The Hall–Kier alpha value is -5.52. The Kier molecular flexibility index (Phi) is 6.10. The van der Waals surface area contributed by atoms with E-state index in [0.717, 1.165) is 22.1 Å². The van der Waals surface area contributed by atoms with Crippen LogP contribution in [0.3, 0.4) is 0 Å². The Morgan fingerprint density at radius 2 is 1.02 bits per heavy atom. The summed E-state index contributed by atoms with van der Waals surface area (Å²) in [6.45, 7) is 0. The molecule has 1 aliphatic heterocycles. The van der Waals surface area contributed by atoms with Crippen LogP contribution in [0.15, 0.2) is 150 Å². The molecule has 1 N–H and O–H groups in total. The molecular weight excluding hydrogens is 569 g/mol. The normalized spacial score (nSPS) is 14.1. The summed E-state index contributed by atoms with van der Waals surface area (Å²) in [5, 5.41) is 11.5. The summed E-state index contributed by atoms with van der Waals surface area (Å²) in [6.07, 6.45) is 0. The van der Waals surface area contributed by atoms with Gasteiger partial charge in [0.1, 0.15) is 5.37 Å². The van der Waals surface area contributed by atoms with Crippen LogP contribution in [-0.4, -0.2) is 15.0 Å². The molecule has 1 atom stereocenters. The van der Waals surface area contributed by atoms with Gasteiger partial charge in [0, 0.05) is 27.0 Å². The van der Waals surface area contributed by atoms with Crippen molar-refractivity contribution in [1.29, 1.82) is 0 Å². The van der Waals surface area contributed by atoms with E-state index in [-0.39, 0.29) is 5.37 Å². The highest BCUT2D eigenvalue weighted by Gasteiger charge is 2.27. The maximum Gasteiger partial charge on any atom is 0.164 e. The van der Waals surface area contributed by atoms with Crippen molar-refractivity contribution in [2.24, 2.45) is 0 Å². The van der Waals surface area contributed by atoms with Crippen molar-refractivity contribution in [2.75, 3.05) is 5.32 Å². The molecule has 212 valence electrons. The van der Waals surface area contributed by atoms with Crippen LogP contribution < -0.4 is 5.32 Å². The van der Waals surface area contributed by atoms with E-state index in [0.29, 0.717) is 17.5 Å². The van der Waals surface area contributed by atoms with Gasteiger partial charge in [-0.15, -0.1) is 0 Å². The fraction of sp³-hybridized carbons (Fsp3) is 0.0250. The van der Waals surface area contributed by atoms with Crippen molar-refractivity contribution in [2.45, 2.75) is 10.3 Å². The summed E-state index contributed by atoms with van der Waals surface area (Å²) in [5.74, 6) is 1.99. The summed E-state index contributed by atoms with van der Waals surface area (Å²) < 4.78 is 0. The van der Waals surface area contributed by atoms with Gasteiger partial charge in [-0.2, -0.15) is 0 Å². The van der Waals surface area contributed by atoms with E-state index < -0.39 is 0 Å². The van der Waals surface area contributed by atoms with Gasteiger partial charge in [-0.3, -0.25) is 0 Å².